The van der Waals surface area contributed by atoms with Gasteiger partial charge in [-0.2, -0.15) is 0 Å². The van der Waals surface area contributed by atoms with E-state index in [9.17, 15) is 14.5 Å². The molecule has 1 aromatic heterocycles. The second kappa shape index (κ2) is 5.01. The molecule has 106 valence electrons. The van der Waals surface area contributed by atoms with E-state index in [1.807, 2.05) is 41.8 Å². The fourth-order valence-electron chi connectivity index (χ4n) is 2.59. The molecule has 0 aliphatic heterocycles. The van der Waals surface area contributed by atoms with E-state index in [0.29, 0.717) is 5.56 Å². The van der Waals surface area contributed by atoms with Crippen LogP contribution in [0, 0.1) is 22.9 Å². The molecule has 0 bridgehead atoms. The molecule has 0 aliphatic carbocycles. The fraction of sp³-hybridized carbons (Fsp3) is 0.125. The van der Waals surface area contributed by atoms with Crippen LogP contribution >= 0.6 is 0 Å². The summed E-state index contributed by atoms with van der Waals surface area (Å²) in [6, 6.07) is 13.4. The largest absolute Gasteiger partial charge is 0.340 e. The number of nitrogens with zero attached hydrogens (tertiary/aromatic N) is 2. The number of nitro benzene ring substituents is 1. The van der Waals surface area contributed by atoms with Gasteiger partial charge in [-0.15, -0.1) is 0 Å². The Morgan fingerprint density at radius 3 is 2.71 bits per heavy atom. The molecule has 2 aromatic carbocycles. The Bertz CT molecular complexity index is 839. The molecule has 0 radical (unpaired) electrons. The highest BCUT2D eigenvalue weighted by Crippen LogP contribution is 2.25. The Morgan fingerprint density at radius 1 is 1.19 bits per heavy atom. The first-order valence-corrected chi connectivity index (χ1v) is 6.54. The lowest BCUT2D eigenvalue weighted by Crippen LogP contribution is -2.05. The van der Waals surface area contributed by atoms with E-state index in [1.165, 1.54) is 12.1 Å². The standard InChI is InChI=1S/C16H13FN2O2/c1-11-8-12-4-2-3-5-15(12)18(11)10-13-9-14(17)6-7-16(13)19(20)21/h2-9H,10H2,1H3. The zero-order valence-corrected chi connectivity index (χ0v) is 11.4. The zero-order chi connectivity index (χ0) is 15.0. The van der Waals surface area contributed by atoms with Gasteiger partial charge in [0.1, 0.15) is 5.82 Å². The molecule has 0 fully saturated rings. The van der Waals surface area contributed by atoms with Crippen LogP contribution in [0.2, 0.25) is 0 Å². The summed E-state index contributed by atoms with van der Waals surface area (Å²) >= 11 is 0. The molecule has 0 N–H and O–H groups in total. The van der Waals surface area contributed by atoms with Gasteiger partial charge in [0.25, 0.3) is 5.69 Å². The number of para-hydroxylation sites is 1. The van der Waals surface area contributed by atoms with Crippen LogP contribution < -0.4 is 0 Å². The van der Waals surface area contributed by atoms with Gasteiger partial charge in [0.15, 0.2) is 0 Å². The molecule has 5 heteroatoms. The van der Waals surface area contributed by atoms with Gasteiger partial charge in [-0.1, -0.05) is 18.2 Å². The molecule has 1 heterocycles. The van der Waals surface area contributed by atoms with E-state index >= 15 is 0 Å². The van der Waals surface area contributed by atoms with Crippen molar-refractivity contribution in [3.05, 3.63) is 75.7 Å². The summed E-state index contributed by atoms with van der Waals surface area (Å²) in [4.78, 5) is 10.6. The van der Waals surface area contributed by atoms with Crippen molar-refractivity contribution in [2.45, 2.75) is 13.5 Å². The highest BCUT2D eigenvalue weighted by atomic mass is 19.1. The van der Waals surface area contributed by atoms with Gasteiger partial charge in [-0.25, -0.2) is 4.39 Å². The maximum atomic E-state index is 13.4. The van der Waals surface area contributed by atoms with E-state index in [-0.39, 0.29) is 12.2 Å². The van der Waals surface area contributed by atoms with Crippen molar-refractivity contribution in [2.75, 3.05) is 0 Å². The number of hydrogen-bond acceptors (Lipinski definition) is 2. The molecule has 0 saturated carbocycles. The molecule has 3 rings (SSSR count). The predicted molar refractivity (Wildman–Crippen MR) is 78.8 cm³/mol. The van der Waals surface area contributed by atoms with Crippen LogP contribution in [-0.4, -0.2) is 9.49 Å². The van der Waals surface area contributed by atoms with Crippen LogP contribution in [0.5, 0.6) is 0 Å². The van der Waals surface area contributed by atoms with Crippen LogP contribution in [-0.2, 0) is 6.54 Å². The molecule has 3 aromatic rings. The van der Waals surface area contributed by atoms with Gasteiger partial charge in [-0.05, 0) is 36.6 Å². The molecule has 0 aliphatic rings. The summed E-state index contributed by atoms with van der Waals surface area (Å²) in [5.74, 6) is -0.468. The number of rotatable bonds is 3. The van der Waals surface area contributed by atoms with Gasteiger partial charge >= 0.3 is 0 Å². The van der Waals surface area contributed by atoms with Crippen LogP contribution in [0.3, 0.4) is 0 Å². The average molecular weight is 284 g/mol. The monoisotopic (exact) mass is 284 g/mol. The number of benzene rings is 2. The van der Waals surface area contributed by atoms with Gasteiger partial charge in [0.05, 0.1) is 17.0 Å². The summed E-state index contributed by atoms with van der Waals surface area (Å²) in [7, 11) is 0. The fourth-order valence-corrected chi connectivity index (χ4v) is 2.59. The van der Waals surface area contributed by atoms with Crippen LogP contribution in [0.1, 0.15) is 11.3 Å². The third-order valence-corrected chi connectivity index (χ3v) is 3.58. The third-order valence-electron chi connectivity index (χ3n) is 3.58. The van der Waals surface area contributed by atoms with Gasteiger partial charge in [-0.3, -0.25) is 10.1 Å². The highest BCUT2D eigenvalue weighted by Gasteiger charge is 2.16. The Hall–Kier alpha value is -2.69. The number of aryl methyl sites for hydroxylation is 1. The highest BCUT2D eigenvalue weighted by molar-refractivity contribution is 5.81. The average Bonchev–Trinajstić information content (AvgIpc) is 2.75. The first-order valence-electron chi connectivity index (χ1n) is 6.54. The summed E-state index contributed by atoms with van der Waals surface area (Å²) in [5, 5.41) is 12.1. The normalized spacial score (nSPS) is 11.0. The van der Waals surface area contributed by atoms with Gasteiger partial charge in [0.2, 0.25) is 0 Å². The maximum Gasteiger partial charge on any atom is 0.274 e. The minimum atomic E-state index is -0.476. The molecule has 0 unspecified atom stereocenters. The van der Waals surface area contributed by atoms with Crippen molar-refractivity contribution in [3.63, 3.8) is 0 Å². The smallest absolute Gasteiger partial charge is 0.274 e. The van der Waals surface area contributed by atoms with Crippen molar-refractivity contribution in [3.8, 4) is 0 Å². The van der Waals surface area contributed by atoms with Crippen molar-refractivity contribution in [1.29, 1.82) is 0 Å². The lowest BCUT2D eigenvalue weighted by atomic mass is 10.1. The van der Waals surface area contributed by atoms with Crippen LogP contribution in [0.25, 0.3) is 10.9 Å². The van der Waals surface area contributed by atoms with E-state index in [1.54, 1.807) is 0 Å². The second-order valence-corrected chi connectivity index (χ2v) is 4.96. The maximum absolute atomic E-state index is 13.4. The van der Waals surface area contributed by atoms with Crippen LogP contribution in [0.4, 0.5) is 10.1 Å². The van der Waals surface area contributed by atoms with Crippen molar-refractivity contribution < 1.29 is 9.31 Å². The van der Waals surface area contributed by atoms with E-state index in [0.717, 1.165) is 22.7 Å². The van der Waals surface area contributed by atoms with E-state index < -0.39 is 10.7 Å². The molecule has 0 saturated heterocycles. The van der Waals surface area contributed by atoms with E-state index in [2.05, 4.69) is 0 Å². The van der Waals surface area contributed by atoms with Crippen molar-refractivity contribution >= 4 is 16.6 Å². The Morgan fingerprint density at radius 2 is 1.95 bits per heavy atom. The zero-order valence-electron chi connectivity index (χ0n) is 11.4. The molecular formula is C16H13FN2O2. The van der Waals surface area contributed by atoms with Gasteiger partial charge < -0.3 is 4.57 Å². The van der Waals surface area contributed by atoms with Crippen molar-refractivity contribution in [2.24, 2.45) is 0 Å². The number of aromatic nitrogens is 1. The number of hydrogen-bond donors (Lipinski definition) is 0. The molecular weight excluding hydrogens is 271 g/mol. The number of halogens is 1. The lowest BCUT2D eigenvalue weighted by Gasteiger charge is -2.09. The quantitative estimate of drug-likeness (QED) is 0.538. The molecule has 21 heavy (non-hydrogen) atoms. The molecule has 4 nitrogen and oxygen atoms in total. The summed E-state index contributed by atoms with van der Waals surface area (Å²) in [6.07, 6.45) is 0. The van der Waals surface area contributed by atoms with Gasteiger partial charge in [0, 0.05) is 17.3 Å². The SMILES string of the molecule is Cc1cc2ccccc2n1Cc1cc(F)ccc1[N+](=O)[O-]. The topological polar surface area (TPSA) is 48.1 Å². The number of fused-ring (bicyclic) bond motifs is 1. The van der Waals surface area contributed by atoms with E-state index in [4.69, 9.17) is 0 Å². The predicted octanol–water partition coefficient (Wildman–Crippen LogP) is 4.05. The first kappa shape index (κ1) is 13.3. The Balaban J connectivity index is 2.13. The second-order valence-electron chi connectivity index (χ2n) is 4.96. The molecule has 0 amide bonds. The summed E-state index contributed by atoms with van der Waals surface area (Å²) < 4.78 is 15.4. The molecule has 0 spiro atoms. The summed E-state index contributed by atoms with van der Waals surface area (Å²) in [5.41, 5.74) is 2.27. The lowest BCUT2D eigenvalue weighted by molar-refractivity contribution is -0.385. The first-order chi connectivity index (χ1) is 10.1. The number of nitro groups is 1. The van der Waals surface area contributed by atoms with Crippen LogP contribution in [0.15, 0.2) is 48.5 Å². The van der Waals surface area contributed by atoms with Crippen molar-refractivity contribution in [1.82, 2.24) is 4.57 Å². The molecule has 0 atom stereocenters. The Labute approximate surface area is 120 Å². The summed E-state index contributed by atoms with van der Waals surface area (Å²) in [6.45, 7) is 2.21. The Kier molecular flexibility index (Phi) is 3.17. The minimum Gasteiger partial charge on any atom is -0.340 e. The third kappa shape index (κ3) is 2.38. The minimum absolute atomic E-state index is 0.0615.